The quantitative estimate of drug-likeness (QED) is 0.677. The first-order valence-electron chi connectivity index (χ1n) is 6.33. The number of aromatic nitrogens is 2. The number of nitrogens with zero attached hydrogens (tertiary/aromatic N) is 1. The molecule has 1 fully saturated rings. The lowest BCUT2D eigenvalue weighted by atomic mass is 10.2. The van der Waals surface area contributed by atoms with Crippen molar-refractivity contribution < 1.29 is 4.79 Å². The van der Waals surface area contributed by atoms with E-state index in [1.807, 2.05) is 0 Å². The predicted octanol–water partition coefficient (Wildman–Crippen LogP) is 0.601. The van der Waals surface area contributed by atoms with Crippen LogP contribution in [0.1, 0.15) is 31.5 Å². The number of carbonyl (C=O) groups is 1. The molecule has 1 aromatic rings. The summed E-state index contributed by atoms with van der Waals surface area (Å²) in [5, 5.41) is 6.17. The van der Waals surface area contributed by atoms with E-state index >= 15 is 0 Å². The third-order valence-corrected chi connectivity index (χ3v) is 3.15. The molecule has 0 unspecified atom stereocenters. The molecule has 1 saturated carbocycles. The summed E-state index contributed by atoms with van der Waals surface area (Å²) < 4.78 is 0. The Bertz CT molecular complexity index is 330. The summed E-state index contributed by atoms with van der Waals surface area (Å²) in [5.41, 5.74) is 0. The first-order valence-corrected chi connectivity index (χ1v) is 6.33. The van der Waals surface area contributed by atoms with Crippen LogP contribution in [0.3, 0.4) is 0 Å². The summed E-state index contributed by atoms with van der Waals surface area (Å²) in [6.07, 6.45) is 9.26. The number of hydrogen-bond acceptors (Lipinski definition) is 3. The smallest absolute Gasteiger partial charge is 0.233 e. The zero-order valence-electron chi connectivity index (χ0n) is 10.0. The molecule has 0 spiro atoms. The van der Waals surface area contributed by atoms with Gasteiger partial charge in [-0.3, -0.25) is 4.79 Å². The summed E-state index contributed by atoms with van der Waals surface area (Å²) in [5.74, 6) is 0.984. The van der Waals surface area contributed by atoms with Crippen LogP contribution in [0.15, 0.2) is 12.4 Å². The van der Waals surface area contributed by atoms with Crippen LogP contribution in [-0.4, -0.2) is 35.0 Å². The minimum atomic E-state index is 0.0726. The van der Waals surface area contributed by atoms with Crippen molar-refractivity contribution in [3.8, 4) is 0 Å². The van der Waals surface area contributed by atoms with E-state index in [0.29, 0.717) is 19.1 Å². The van der Waals surface area contributed by atoms with Gasteiger partial charge in [0.2, 0.25) is 5.91 Å². The second kappa shape index (κ2) is 6.39. The van der Waals surface area contributed by atoms with E-state index < -0.39 is 0 Å². The molecule has 1 aliphatic carbocycles. The Balaban J connectivity index is 1.54. The van der Waals surface area contributed by atoms with Gasteiger partial charge in [-0.1, -0.05) is 12.8 Å². The molecule has 0 atom stereocenters. The zero-order chi connectivity index (χ0) is 11.9. The molecule has 2 rings (SSSR count). The summed E-state index contributed by atoms with van der Waals surface area (Å²) in [4.78, 5) is 18.6. The van der Waals surface area contributed by atoms with E-state index in [1.165, 1.54) is 25.7 Å². The Morgan fingerprint density at radius 2 is 2.29 bits per heavy atom. The van der Waals surface area contributed by atoms with Gasteiger partial charge in [0.25, 0.3) is 0 Å². The molecule has 17 heavy (non-hydrogen) atoms. The molecule has 94 valence electrons. The van der Waals surface area contributed by atoms with Crippen LogP contribution in [0.2, 0.25) is 0 Å². The highest BCUT2D eigenvalue weighted by molar-refractivity contribution is 5.77. The highest BCUT2D eigenvalue weighted by Crippen LogP contribution is 2.17. The van der Waals surface area contributed by atoms with Crippen molar-refractivity contribution in [3.63, 3.8) is 0 Å². The van der Waals surface area contributed by atoms with Crippen molar-refractivity contribution in [1.82, 2.24) is 20.6 Å². The standard InChI is InChI=1S/C12H20N4O/c17-12(9-16-10-3-1-2-4-10)15-6-5-11-13-7-8-14-11/h7-8,10,16H,1-6,9H2,(H,13,14)(H,15,17). The Hall–Kier alpha value is -1.36. The fraction of sp³-hybridized carbons (Fsp3) is 0.667. The number of carbonyl (C=O) groups excluding carboxylic acids is 1. The number of hydrogen-bond donors (Lipinski definition) is 3. The molecule has 0 aliphatic heterocycles. The van der Waals surface area contributed by atoms with E-state index in [1.54, 1.807) is 12.4 Å². The van der Waals surface area contributed by atoms with E-state index in [9.17, 15) is 4.79 Å². The van der Waals surface area contributed by atoms with Crippen molar-refractivity contribution in [2.45, 2.75) is 38.1 Å². The number of H-pyrrole nitrogens is 1. The van der Waals surface area contributed by atoms with E-state index in [-0.39, 0.29) is 5.91 Å². The van der Waals surface area contributed by atoms with Crippen molar-refractivity contribution >= 4 is 5.91 Å². The summed E-state index contributed by atoms with van der Waals surface area (Å²) in [6.45, 7) is 1.07. The predicted molar refractivity (Wildman–Crippen MR) is 65.6 cm³/mol. The number of aromatic amines is 1. The molecule has 0 radical (unpaired) electrons. The normalized spacial score (nSPS) is 16.2. The Kier molecular flexibility index (Phi) is 4.55. The second-order valence-electron chi connectivity index (χ2n) is 4.50. The van der Waals surface area contributed by atoms with Crippen molar-refractivity contribution in [3.05, 3.63) is 18.2 Å². The van der Waals surface area contributed by atoms with E-state index in [0.717, 1.165) is 12.2 Å². The summed E-state index contributed by atoms with van der Waals surface area (Å²) in [7, 11) is 0. The lowest BCUT2D eigenvalue weighted by Crippen LogP contribution is -2.38. The molecule has 3 N–H and O–H groups in total. The maximum absolute atomic E-state index is 11.5. The zero-order valence-corrected chi connectivity index (χ0v) is 10.0. The van der Waals surface area contributed by atoms with Crippen molar-refractivity contribution in [1.29, 1.82) is 0 Å². The van der Waals surface area contributed by atoms with Crippen LogP contribution in [0.25, 0.3) is 0 Å². The highest BCUT2D eigenvalue weighted by atomic mass is 16.1. The SMILES string of the molecule is O=C(CNC1CCCC1)NCCc1ncc[nH]1. The third kappa shape index (κ3) is 4.19. The molecular formula is C12H20N4O. The Morgan fingerprint density at radius 1 is 1.47 bits per heavy atom. The van der Waals surface area contributed by atoms with Gasteiger partial charge in [0, 0.05) is 31.4 Å². The average Bonchev–Trinajstić information content (AvgIpc) is 2.99. The Morgan fingerprint density at radius 3 is 3.00 bits per heavy atom. The number of rotatable bonds is 6. The molecule has 1 aromatic heterocycles. The molecular weight excluding hydrogens is 216 g/mol. The van der Waals surface area contributed by atoms with Crippen molar-refractivity contribution in [2.75, 3.05) is 13.1 Å². The largest absolute Gasteiger partial charge is 0.355 e. The topological polar surface area (TPSA) is 69.8 Å². The average molecular weight is 236 g/mol. The molecule has 1 amide bonds. The van der Waals surface area contributed by atoms with E-state index in [2.05, 4.69) is 20.6 Å². The van der Waals surface area contributed by atoms with E-state index in [4.69, 9.17) is 0 Å². The maximum Gasteiger partial charge on any atom is 0.233 e. The molecule has 1 heterocycles. The van der Waals surface area contributed by atoms with Gasteiger partial charge in [0.1, 0.15) is 5.82 Å². The molecule has 1 aliphatic rings. The Labute approximate surface area is 101 Å². The van der Waals surface area contributed by atoms with Crippen LogP contribution >= 0.6 is 0 Å². The van der Waals surface area contributed by atoms with Gasteiger partial charge in [-0.05, 0) is 12.8 Å². The number of nitrogens with one attached hydrogen (secondary N) is 3. The van der Waals surface area contributed by atoms with Gasteiger partial charge in [0.05, 0.1) is 6.54 Å². The highest BCUT2D eigenvalue weighted by Gasteiger charge is 2.14. The van der Waals surface area contributed by atoms with Crippen molar-refractivity contribution in [2.24, 2.45) is 0 Å². The lowest BCUT2D eigenvalue weighted by Gasteiger charge is -2.11. The van der Waals surface area contributed by atoms with Crippen LogP contribution in [0.5, 0.6) is 0 Å². The van der Waals surface area contributed by atoms with Crippen LogP contribution < -0.4 is 10.6 Å². The monoisotopic (exact) mass is 236 g/mol. The fourth-order valence-electron chi connectivity index (χ4n) is 2.18. The fourth-order valence-corrected chi connectivity index (χ4v) is 2.18. The molecule has 0 aromatic carbocycles. The number of imidazole rings is 1. The third-order valence-electron chi connectivity index (χ3n) is 3.15. The van der Waals surface area contributed by atoms with Crippen LogP contribution in [0, 0.1) is 0 Å². The molecule has 5 nitrogen and oxygen atoms in total. The molecule has 0 saturated heterocycles. The molecule has 5 heteroatoms. The molecule has 0 bridgehead atoms. The maximum atomic E-state index is 11.5. The first-order chi connectivity index (χ1) is 8.34. The first kappa shape index (κ1) is 12.1. The minimum Gasteiger partial charge on any atom is -0.355 e. The van der Waals surface area contributed by atoms with Gasteiger partial charge in [-0.15, -0.1) is 0 Å². The lowest BCUT2D eigenvalue weighted by molar-refractivity contribution is -0.120. The van der Waals surface area contributed by atoms with Crippen LogP contribution in [-0.2, 0) is 11.2 Å². The van der Waals surface area contributed by atoms with Gasteiger partial charge < -0.3 is 15.6 Å². The van der Waals surface area contributed by atoms with Gasteiger partial charge in [-0.2, -0.15) is 0 Å². The number of amides is 1. The summed E-state index contributed by atoms with van der Waals surface area (Å²) in [6, 6.07) is 0.547. The summed E-state index contributed by atoms with van der Waals surface area (Å²) >= 11 is 0. The van der Waals surface area contributed by atoms with Gasteiger partial charge >= 0.3 is 0 Å². The second-order valence-corrected chi connectivity index (χ2v) is 4.50. The van der Waals surface area contributed by atoms with Gasteiger partial charge in [-0.25, -0.2) is 4.98 Å². The minimum absolute atomic E-state index is 0.0726. The van der Waals surface area contributed by atoms with Crippen LogP contribution in [0.4, 0.5) is 0 Å². The van der Waals surface area contributed by atoms with Gasteiger partial charge in [0.15, 0.2) is 0 Å².